The van der Waals surface area contributed by atoms with Crippen LogP contribution in [0.3, 0.4) is 0 Å². The number of fused-ring (bicyclic) bond motifs is 1. The lowest BCUT2D eigenvalue weighted by molar-refractivity contribution is 0.0938. The first-order valence-corrected chi connectivity index (χ1v) is 11.0. The molecule has 0 aliphatic heterocycles. The number of nitrogens with zero attached hydrogens (tertiary/aromatic N) is 4. The van der Waals surface area contributed by atoms with Crippen LogP contribution in [0.25, 0.3) is 33.5 Å². The number of nitrogens with one attached hydrogen (secondary N) is 3. The van der Waals surface area contributed by atoms with Crippen LogP contribution in [0, 0.1) is 6.92 Å². The number of carbonyl (C=O) groups excluding carboxylic acids is 1. The minimum atomic E-state index is -0.335. The number of carbonyl (C=O) groups is 1. The van der Waals surface area contributed by atoms with Crippen molar-refractivity contribution in [3.8, 4) is 34.1 Å². The number of phenols is 1. The van der Waals surface area contributed by atoms with Gasteiger partial charge in [-0.05, 0) is 61.9 Å². The van der Waals surface area contributed by atoms with Crippen molar-refractivity contribution in [2.75, 3.05) is 7.11 Å². The van der Waals surface area contributed by atoms with E-state index in [9.17, 15) is 9.90 Å². The van der Waals surface area contributed by atoms with E-state index in [0.29, 0.717) is 40.0 Å². The number of aromatic hydroxyl groups is 1. The number of H-pyrrole nitrogens is 2. The predicted octanol–water partition coefficient (Wildman–Crippen LogP) is 3.92. The first kappa shape index (κ1) is 22.1. The number of aromatic amines is 2. The van der Waals surface area contributed by atoms with E-state index >= 15 is 0 Å². The first-order valence-electron chi connectivity index (χ1n) is 11.0. The van der Waals surface area contributed by atoms with Crippen LogP contribution in [0.1, 0.15) is 35.0 Å². The molecule has 0 radical (unpaired) electrons. The molecule has 1 unspecified atom stereocenters. The Bertz CT molecular complexity index is 1540. The number of aromatic nitrogens is 6. The van der Waals surface area contributed by atoms with Gasteiger partial charge in [0, 0.05) is 17.3 Å². The van der Waals surface area contributed by atoms with E-state index < -0.39 is 0 Å². The van der Waals surface area contributed by atoms with Crippen molar-refractivity contribution in [3.63, 3.8) is 0 Å². The fourth-order valence-corrected chi connectivity index (χ4v) is 3.85. The second-order valence-electron chi connectivity index (χ2n) is 8.10. The molecule has 0 bridgehead atoms. The van der Waals surface area contributed by atoms with Gasteiger partial charge in [0.1, 0.15) is 17.4 Å². The number of hydrogen-bond donors (Lipinski definition) is 4. The summed E-state index contributed by atoms with van der Waals surface area (Å²) >= 11 is 0. The van der Waals surface area contributed by atoms with Gasteiger partial charge in [0.25, 0.3) is 5.91 Å². The average molecular weight is 470 g/mol. The molecule has 0 aliphatic carbocycles. The highest BCUT2D eigenvalue weighted by Gasteiger charge is 2.17. The van der Waals surface area contributed by atoms with E-state index in [0.717, 1.165) is 16.6 Å². The Hall–Kier alpha value is -4.73. The van der Waals surface area contributed by atoms with Gasteiger partial charge in [-0.3, -0.25) is 4.79 Å². The third kappa shape index (κ3) is 4.29. The number of benzene rings is 2. The maximum atomic E-state index is 12.8. The number of rotatable bonds is 6. The Kier molecular flexibility index (Phi) is 5.61. The fraction of sp³-hybridized carbons (Fsp3) is 0.160. The molecule has 5 aromatic rings. The Balaban J connectivity index is 1.45. The normalized spacial score (nSPS) is 12.0. The molecule has 0 saturated carbocycles. The lowest BCUT2D eigenvalue weighted by atomic mass is 10.0. The second kappa shape index (κ2) is 8.90. The second-order valence-corrected chi connectivity index (χ2v) is 8.10. The van der Waals surface area contributed by atoms with E-state index in [2.05, 4.69) is 35.5 Å². The van der Waals surface area contributed by atoms with Crippen LogP contribution < -0.4 is 10.1 Å². The van der Waals surface area contributed by atoms with Crippen molar-refractivity contribution >= 4 is 16.9 Å². The topological polar surface area (TPSA) is 142 Å². The molecule has 1 amide bonds. The molecule has 3 aromatic heterocycles. The van der Waals surface area contributed by atoms with Crippen molar-refractivity contribution < 1.29 is 14.6 Å². The van der Waals surface area contributed by atoms with Gasteiger partial charge in [0.05, 0.1) is 29.7 Å². The maximum Gasteiger partial charge on any atom is 0.251 e. The minimum absolute atomic E-state index is 0.0739. The molecule has 176 valence electrons. The third-order valence-corrected chi connectivity index (χ3v) is 5.65. The Morgan fingerprint density at radius 1 is 1.09 bits per heavy atom. The van der Waals surface area contributed by atoms with Gasteiger partial charge in [-0.1, -0.05) is 6.07 Å². The highest BCUT2D eigenvalue weighted by molar-refractivity contribution is 5.98. The van der Waals surface area contributed by atoms with Gasteiger partial charge >= 0.3 is 0 Å². The molecule has 10 heteroatoms. The van der Waals surface area contributed by atoms with Gasteiger partial charge in [-0.15, -0.1) is 10.2 Å². The van der Waals surface area contributed by atoms with Crippen LogP contribution in [0.2, 0.25) is 0 Å². The van der Waals surface area contributed by atoms with Gasteiger partial charge in [-0.2, -0.15) is 0 Å². The Morgan fingerprint density at radius 2 is 1.94 bits per heavy atom. The number of phenolic OH excluding ortho intramolecular Hbond substituents is 1. The van der Waals surface area contributed by atoms with Crippen LogP contribution in [-0.4, -0.2) is 48.3 Å². The third-order valence-electron chi connectivity index (χ3n) is 5.65. The summed E-state index contributed by atoms with van der Waals surface area (Å²) in [6, 6.07) is 13.8. The van der Waals surface area contributed by atoms with Crippen molar-refractivity contribution in [1.82, 2.24) is 35.5 Å². The molecule has 0 saturated heterocycles. The minimum Gasteiger partial charge on any atom is -0.507 e. The highest BCUT2D eigenvalue weighted by Crippen LogP contribution is 2.35. The molecule has 3 heterocycles. The summed E-state index contributed by atoms with van der Waals surface area (Å²) in [5.41, 5.74) is 3.92. The molecular formula is C25H23N7O3. The zero-order valence-electron chi connectivity index (χ0n) is 19.3. The molecule has 10 nitrogen and oxygen atoms in total. The SMILES string of the molecule is COc1ncccc1-c1ccc(O)c(-c2nc3cc(C(=O)NC(C)c4nnc(C)[nH]4)ccc3[nH]2)c1. The first-order chi connectivity index (χ1) is 16.9. The summed E-state index contributed by atoms with van der Waals surface area (Å²) in [7, 11) is 1.56. The number of amides is 1. The zero-order valence-corrected chi connectivity index (χ0v) is 19.3. The van der Waals surface area contributed by atoms with E-state index in [1.165, 1.54) is 0 Å². The summed E-state index contributed by atoms with van der Waals surface area (Å²) in [5, 5.41) is 21.4. The molecular weight excluding hydrogens is 446 g/mol. The molecule has 2 aromatic carbocycles. The van der Waals surface area contributed by atoms with Crippen molar-refractivity contribution in [3.05, 3.63) is 71.9 Å². The summed E-state index contributed by atoms with van der Waals surface area (Å²) in [6.45, 7) is 3.63. The van der Waals surface area contributed by atoms with Gasteiger partial charge in [0.2, 0.25) is 5.88 Å². The number of hydrogen-bond acceptors (Lipinski definition) is 7. The number of methoxy groups -OCH3 is 1. The summed E-state index contributed by atoms with van der Waals surface area (Å²) < 4.78 is 5.37. The Morgan fingerprint density at radius 3 is 2.71 bits per heavy atom. The monoisotopic (exact) mass is 469 g/mol. The molecule has 4 N–H and O–H groups in total. The smallest absolute Gasteiger partial charge is 0.251 e. The largest absolute Gasteiger partial charge is 0.507 e. The van der Waals surface area contributed by atoms with E-state index in [1.807, 2.05) is 25.1 Å². The molecule has 0 aliphatic rings. The molecule has 0 fully saturated rings. The lowest BCUT2D eigenvalue weighted by Gasteiger charge is -2.10. The molecule has 1 atom stereocenters. The van der Waals surface area contributed by atoms with Crippen LogP contribution >= 0.6 is 0 Å². The van der Waals surface area contributed by atoms with Crippen molar-refractivity contribution in [1.29, 1.82) is 0 Å². The van der Waals surface area contributed by atoms with Crippen molar-refractivity contribution in [2.45, 2.75) is 19.9 Å². The average Bonchev–Trinajstić information content (AvgIpc) is 3.50. The number of ether oxygens (including phenoxy) is 1. The lowest BCUT2D eigenvalue weighted by Crippen LogP contribution is -2.27. The van der Waals surface area contributed by atoms with Gasteiger partial charge in [0.15, 0.2) is 5.82 Å². The quantitative estimate of drug-likeness (QED) is 0.295. The predicted molar refractivity (Wildman–Crippen MR) is 130 cm³/mol. The highest BCUT2D eigenvalue weighted by atomic mass is 16.5. The zero-order chi connectivity index (χ0) is 24.5. The van der Waals surface area contributed by atoms with E-state index in [1.54, 1.807) is 50.6 Å². The Labute approximate surface area is 200 Å². The van der Waals surface area contributed by atoms with E-state index in [4.69, 9.17) is 4.74 Å². The van der Waals surface area contributed by atoms with Crippen LogP contribution in [0.4, 0.5) is 0 Å². The number of imidazole rings is 1. The van der Waals surface area contributed by atoms with Crippen LogP contribution in [0.15, 0.2) is 54.7 Å². The van der Waals surface area contributed by atoms with Gasteiger partial charge in [-0.25, -0.2) is 9.97 Å². The molecule has 35 heavy (non-hydrogen) atoms. The summed E-state index contributed by atoms with van der Waals surface area (Å²) in [5.74, 6) is 2.04. The van der Waals surface area contributed by atoms with Crippen LogP contribution in [0.5, 0.6) is 11.6 Å². The fourth-order valence-electron chi connectivity index (χ4n) is 3.85. The molecule has 5 rings (SSSR count). The van der Waals surface area contributed by atoms with E-state index in [-0.39, 0.29) is 17.7 Å². The van der Waals surface area contributed by atoms with Gasteiger partial charge < -0.3 is 25.1 Å². The number of aryl methyl sites for hydroxylation is 1. The maximum absolute atomic E-state index is 12.8. The van der Waals surface area contributed by atoms with Crippen LogP contribution in [-0.2, 0) is 0 Å². The molecule has 0 spiro atoms. The summed E-state index contributed by atoms with van der Waals surface area (Å²) in [6.07, 6.45) is 1.66. The summed E-state index contributed by atoms with van der Waals surface area (Å²) in [4.78, 5) is 27.9. The number of pyridine rings is 1. The van der Waals surface area contributed by atoms with Crippen molar-refractivity contribution in [2.24, 2.45) is 0 Å². The standard InChI is InChI=1S/C25H23N7O3/c1-13(22-28-14(2)31-32-22)27-24(34)16-6-8-19-20(12-16)30-23(29-19)18-11-15(7-9-21(18)33)17-5-4-10-26-25(17)35-3/h4-13,33H,1-3H3,(H,27,34)(H,29,30)(H,28,31,32).